The van der Waals surface area contributed by atoms with Gasteiger partial charge in [0.05, 0.1) is 17.7 Å². The second kappa shape index (κ2) is 12.4. The van der Waals surface area contributed by atoms with Gasteiger partial charge in [-0.15, -0.1) is 0 Å². The number of carbonyl (C=O) groups excluding carboxylic acids is 2. The van der Waals surface area contributed by atoms with E-state index in [1.165, 1.54) is 11.8 Å². The van der Waals surface area contributed by atoms with Crippen molar-refractivity contribution >= 4 is 17.8 Å². The van der Waals surface area contributed by atoms with Crippen molar-refractivity contribution in [1.29, 1.82) is 0 Å². The maximum atomic E-state index is 13.7. The van der Waals surface area contributed by atoms with Gasteiger partial charge in [-0.3, -0.25) is 14.4 Å². The van der Waals surface area contributed by atoms with E-state index >= 15 is 0 Å². The molecule has 1 aliphatic heterocycles. The van der Waals surface area contributed by atoms with E-state index in [0.717, 1.165) is 29.3 Å². The summed E-state index contributed by atoms with van der Waals surface area (Å²) < 4.78 is 27.5. The van der Waals surface area contributed by atoms with Gasteiger partial charge in [0, 0.05) is 32.5 Å². The molecule has 2 aromatic rings. The highest BCUT2D eigenvalue weighted by atomic mass is 19.1. The topological polar surface area (TPSA) is 119 Å². The van der Waals surface area contributed by atoms with Gasteiger partial charge in [-0.1, -0.05) is 38.1 Å². The van der Waals surface area contributed by atoms with Crippen LogP contribution in [0.4, 0.5) is 8.78 Å². The SMILES string of the molecule is CC(=O)NC(Cc1cc(F)cc(F)c1)C(O)CN[C@@]1(c2cccc(C(C)C)c2)CCN(CC(=O)O)C(=O)C1. The van der Waals surface area contributed by atoms with Crippen LogP contribution in [-0.4, -0.2) is 64.7 Å². The Morgan fingerprint density at radius 3 is 2.39 bits per heavy atom. The number of aliphatic hydroxyl groups excluding tert-OH is 1. The first-order chi connectivity index (χ1) is 17.9. The van der Waals surface area contributed by atoms with Crippen LogP contribution in [0.1, 0.15) is 56.2 Å². The zero-order valence-electron chi connectivity index (χ0n) is 21.8. The van der Waals surface area contributed by atoms with Crippen molar-refractivity contribution < 1.29 is 33.4 Å². The number of likely N-dealkylation sites (tertiary alicyclic amines) is 1. The number of carboxylic acids is 1. The third-order valence-electron chi connectivity index (χ3n) is 6.93. The molecule has 0 aliphatic carbocycles. The number of halogens is 2. The molecule has 1 heterocycles. The number of hydrogen-bond acceptors (Lipinski definition) is 5. The lowest BCUT2D eigenvalue weighted by Crippen LogP contribution is -2.57. The number of piperidine rings is 1. The number of rotatable bonds is 11. The van der Waals surface area contributed by atoms with Gasteiger partial charge in [0.2, 0.25) is 11.8 Å². The summed E-state index contributed by atoms with van der Waals surface area (Å²) in [6.07, 6.45) is -0.796. The van der Waals surface area contributed by atoms with Gasteiger partial charge < -0.3 is 25.7 Å². The smallest absolute Gasteiger partial charge is 0.323 e. The van der Waals surface area contributed by atoms with Crippen molar-refractivity contribution in [3.8, 4) is 0 Å². The Labute approximate surface area is 221 Å². The summed E-state index contributed by atoms with van der Waals surface area (Å²) in [5.74, 6) is -3.12. The maximum Gasteiger partial charge on any atom is 0.323 e. The van der Waals surface area contributed by atoms with E-state index in [0.29, 0.717) is 6.42 Å². The van der Waals surface area contributed by atoms with Crippen molar-refractivity contribution in [2.24, 2.45) is 0 Å². The minimum atomic E-state index is -1.16. The first kappa shape index (κ1) is 29.2. The summed E-state index contributed by atoms with van der Waals surface area (Å²) >= 11 is 0. The second-order valence-corrected chi connectivity index (χ2v) is 10.2. The summed E-state index contributed by atoms with van der Waals surface area (Å²) in [6.45, 7) is 5.17. The summed E-state index contributed by atoms with van der Waals surface area (Å²) in [4.78, 5) is 37.4. The van der Waals surface area contributed by atoms with E-state index < -0.39 is 47.7 Å². The molecular formula is C28H35F2N3O5. The number of benzene rings is 2. The minimum absolute atomic E-state index is 0.0156. The molecule has 4 N–H and O–H groups in total. The van der Waals surface area contributed by atoms with Crippen LogP contribution in [-0.2, 0) is 26.3 Å². The molecular weight excluding hydrogens is 496 g/mol. The second-order valence-electron chi connectivity index (χ2n) is 10.2. The summed E-state index contributed by atoms with van der Waals surface area (Å²) in [7, 11) is 0. The van der Waals surface area contributed by atoms with Gasteiger partial charge in [0.1, 0.15) is 18.2 Å². The molecule has 38 heavy (non-hydrogen) atoms. The number of nitrogens with one attached hydrogen (secondary N) is 2. The Bertz CT molecular complexity index is 1150. The average molecular weight is 532 g/mol. The molecule has 1 saturated heterocycles. The summed E-state index contributed by atoms with van der Waals surface area (Å²) in [5, 5.41) is 26.3. The fourth-order valence-corrected chi connectivity index (χ4v) is 4.90. The molecule has 0 radical (unpaired) electrons. The van der Waals surface area contributed by atoms with Gasteiger partial charge in [0.25, 0.3) is 0 Å². The third kappa shape index (κ3) is 7.58. The van der Waals surface area contributed by atoms with E-state index in [2.05, 4.69) is 24.5 Å². The Kier molecular flexibility index (Phi) is 9.56. The Morgan fingerprint density at radius 2 is 1.82 bits per heavy atom. The molecule has 1 aliphatic rings. The standard InChI is InChI=1S/C28H35F2N3O5/c1-17(2)20-5-4-6-21(12-20)28(7-8-33(16-27(37)38)26(36)14-28)31-15-25(35)24(32-18(3)34)11-19-9-22(29)13-23(30)10-19/h4-6,9-10,12-13,17,24-25,31,35H,7-8,11,14-16H2,1-3H3,(H,32,34)(H,37,38)/t24?,25?,28-/m0/s1. The van der Waals surface area contributed by atoms with Crippen LogP contribution in [0.25, 0.3) is 0 Å². The van der Waals surface area contributed by atoms with Crippen LogP contribution in [0.3, 0.4) is 0 Å². The number of carboxylic acid groups (broad SMARTS) is 1. The van der Waals surface area contributed by atoms with E-state index in [1.54, 1.807) is 0 Å². The van der Waals surface area contributed by atoms with Gasteiger partial charge in [-0.2, -0.15) is 0 Å². The van der Waals surface area contributed by atoms with Crippen molar-refractivity contribution in [2.45, 2.75) is 63.6 Å². The number of nitrogens with zero attached hydrogens (tertiary/aromatic N) is 1. The third-order valence-corrected chi connectivity index (χ3v) is 6.93. The van der Waals surface area contributed by atoms with Gasteiger partial charge >= 0.3 is 5.97 Å². The molecule has 0 aromatic heterocycles. The largest absolute Gasteiger partial charge is 0.480 e. The van der Waals surface area contributed by atoms with E-state index in [9.17, 15) is 28.3 Å². The lowest BCUT2D eigenvalue weighted by Gasteiger charge is -2.43. The van der Waals surface area contributed by atoms with Crippen molar-refractivity contribution in [1.82, 2.24) is 15.5 Å². The molecule has 3 atom stereocenters. The van der Waals surface area contributed by atoms with E-state index in [1.807, 2.05) is 24.3 Å². The number of carbonyl (C=O) groups is 3. The zero-order chi connectivity index (χ0) is 28.0. The predicted octanol–water partition coefficient (Wildman–Crippen LogP) is 2.69. The molecule has 0 saturated carbocycles. The first-order valence-corrected chi connectivity index (χ1v) is 12.6. The minimum Gasteiger partial charge on any atom is -0.480 e. The van der Waals surface area contributed by atoms with Crippen LogP contribution >= 0.6 is 0 Å². The molecule has 0 bridgehead atoms. The van der Waals surface area contributed by atoms with Crippen LogP contribution in [0.15, 0.2) is 42.5 Å². The maximum absolute atomic E-state index is 13.7. The average Bonchev–Trinajstić information content (AvgIpc) is 2.82. The highest BCUT2D eigenvalue weighted by molar-refractivity contribution is 5.83. The van der Waals surface area contributed by atoms with Crippen molar-refractivity contribution in [2.75, 3.05) is 19.6 Å². The predicted molar refractivity (Wildman–Crippen MR) is 137 cm³/mol. The van der Waals surface area contributed by atoms with E-state index in [4.69, 9.17) is 5.11 Å². The molecule has 3 rings (SSSR count). The highest BCUT2D eigenvalue weighted by Crippen LogP contribution is 2.35. The van der Waals surface area contributed by atoms with Crippen LogP contribution in [0.5, 0.6) is 0 Å². The number of hydrogen-bond donors (Lipinski definition) is 4. The lowest BCUT2D eigenvalue weighted by molar-refractivity contribution is -0.147. The van der Waals surface area contributed by atoms with Gasteiger partial charge in [0.15, 0.2) is 0 Å². The number of aliphatic hydroxyl groups is 1. The molecule has 10 heteroatoms. The van der Waals surface area contributed by atoms with Gasteiger partial charge in [-0.25, -0.2) is 8.78 Å². The van der Waals surface area contributed by atoms with Crippen molar-refractivity contribution in [3.63, 3.8) is 0 Å². The molecule has 2 aromatic carbocycles. The molecule has 2 amide bonds. The van der Waals surface area contributed by atoms with E-state index in [-0.39, 0.29) is 43.3 Å². The summed E-state index contributed by atoms with van der Waals surface area (Å²) in [5.41, 5.74) is 1.29. The monoisotopic (exact) mass is 531 g/mol. The normalized spacial score (nSPS) is 19.3. The number of aliphatic carboxylic acids is 1. The first-order valence-electron chi connectivity index (χ1n) is 12.6. The number of amides is 2. The van der Waals surface area contributed by atoms with Crippen LogP contribution < -0.4 is 10.6 Å². The molecule has 2 unspecified atom stereocenters. The molecule has 1 fully saturated rings. The molecule has 206 valence electrons. The Morgan fingerprint density at radius 1 is 1.13 bits per heavy atom. The van der Waals surface area contributed by atoms with Crippen LogP contribution in [0.2, 0.25) is 0 Å². The fraction of sp³-hybridized carbons (Fsp3) is 0.464. The van der Waals surface area contributed by atoms with Crippen molar-refractivity contribution in [3.05, 3.63) is 70.8 Å². The summed E-state index contributed by atoms with van der Waals surface area (Å²) in [6, 6.07) is 9.97. The van der Waals surface area contributed by atoms with Gasteiger partial charge in [-0.05, 0) is 47.6 Å². The molecule has 8 nitrogen and oxygen atoms in total. The Balaban J connectivity index is 1.86. The zero-order valence-corrected chi connectivity index (χ0v) is 21.8. The quantitative estimate of drug-likeness (QED) is 0.354. The highest BCUT2D eigenvalue weighted by Gasteiger charge is 2.41. The lowest BCUT2D eigenvalue weighted by atomic mass is 9.79. The molecule has 0 spiro atoms. The Hall–Kier alpha value is -3.37. The fourth-order valence-electron chi connectivity index (χ4n) is 4.90. The van der Waals surface area contributed by atoms with Crippen LogP contribution in [0, 0.1) is 11.6 Å².